The molecule has 5 heteroatoms. The lowest BCUT2D eigenvalue weighted by atomic mass is 9.91. The van der Waals surface area contributed by atoms with E-state index >= 15 is 0 Å². The minimum Gasteiger partial charge on any atom is -0.396 e. The third-order valence-electron chi connectivity index (χ3n) is 5.85. The van der Waals surface area contributed by atoms with Gasteiger partial charge in [0, 0.05) is 63.2 Å². The zero-order valence-electron chi connectivity index (χ0n) is 14.7. The molecule has 1 N–H and O–H groups in total. The molecule has 1 aliphatic heterocycles. The second-order valence-electron chi connectivity index (χ2n) is 7.31. The Balaban J connectivity index is 1.62. The number of aliphatic hydroxyl groups is 1. The van der Waals surface area contributed by atoms with E-state index in [0.717, 1.165) is 38.6 Å². The molecule has 130 valence electrons. The van der Waals surface area contributed by atoms with Gasteiger partial charge in [-0.05, 0) is 26.2 Å². The van der Waals surface area contributed by atoms with Gasteiger partial charge in [0.05, 0.1) is 6.20 Å². The van der Waals surface area contributed by atoms with Crippen LogP contribution in [0, 0.1) is 6.92 Å². The van der Waals surface area contributed by atoms with Crippen molar-refractivity contribution < 1.29 is 5.11 Å². The summed E-state index contributed by atoms with van der Waals surface area (Å²) in [5.41, 5.74) is 2.60. The smallest absolute Gasteiger partial charge is 0.0537 e. The molecule has 0 aromatic carbocycles. The Labute approximate surface area is 140 Å². The van der Waals surface area contributed by atoms with E-state index in [0.29, 0.717) is 12.6 Å². The van der Waals surface area contributed by atoms with Crippen molar-refractivity contribution in [2.24, 2.45) is 7.05 Å². The molecule has 2 aliphatic rings. The summed E-state index contributed by atoms with van der Waals surface area (Å²) in [7, 11) is 2.01. The predicted octanol–water partition coefficient (Wildman–Crippen LogP) is 1.93. The minimum atomic E-state index is 0.299. The summed E-state index contributed by atoms with van der Waals surface area (Å²) in [5.74, 6) is 0. The highest BCUT2D eigenvalue weighted by molar-refractivity contribution is 5.15. The average Bonchev–Trinajstić information content (AvgIpc) is 2.88. The van der Waals surface area contributed by atoms with Crippen LogP contribution in [0.4, 0.5) is 0 Å². The highest BCUT2D eigenvalue weighted by Gasteiger charge is 2.32. The predicted molar refractivity (Wildman–Crippen MR) is 92.3 cm³/mol. The summed E-state index contributed by atoms with van der Waals surface area (Å²) >= 11 is 0. The fraction of sp³-hybridized carbons (Fsp3) is 0.833. The fourth-order valence-electron chi connectivity index (χ4n) is 4.32. The van der Waals surface area contributed by atoms with Gasteiger partial charge in [0.25, 0.3) is 0 Å². The van der Waals surface area contributed by atoms with Crippen LogP contribution in [0.3, 0.4) is 0 Å². The first-order valence-electron chi connectivity index (χ1n) is 9.25. The van der Waals surface area contributed by atoms with Gasteiger partial charge in [0.2, 0.25) is 0 Å². The normalized spacial score (nSPS) is 25.1. The highest BCUT2D eigenvalue weighted by atomic mass is 16.3. The van der Waals surface area contributed by atoms with E-state index in [9.17, 15) is 5.11 Å². The first-order chi connectivity index (χ1) is 11.2. The lowest BCUT2D eigenvalue weighted by Crippen LogP contribution is -2.56. The van der Waals surface area contributed by atoms with E-state index in [4.69, 9.17) is 0 Å². The molecular formula is C18H32N4O. The molecule has 1 aromatic rings. The Morgan fingerprint density at radius 1 is 1.22 bits per heavy atom. The quantitative estimate of drug-likeness (QED) is 0.900. The van der Waals surface area contributed by atoms with Crippen molar-refractivity contribution in [1.29, 1.82) is 0 Å². The van der Waals surface area contributed by atoms with Gasteiger partial charge in [-0.15, -0.1) is 0 Å². The zero-order chi connectivity index (χ0) is 16.2. The third-order valence-corrected chi connectivity index (χ3v) is 5.85. The number of hydrogen-bond acceptors (Lipinski definition) is 4. The second-order valence-corrected chi connectivity index (χ2v) is 7.31. The molecule has 0 spiro atoms. The summed E-state index contributed by atoms with van der Waals surface area (Å²) in [5, 5.41) is 13.9. The largest absolute Gasteiger partial charge is 0.396 e. The maximum atomic E-state index is 9.50. The first-order valence-corrected chi connectivity index (χ1v) is 9.25. The van der Waals surface area contributed by atoms with Gasteiger partial charge in [-0.25, -0.2) is 0 Å². The van der Waals surface area contributed by atoms with E-state index in [1.54, 1.807) is 0 Å². The Kier molecular flexibility index (Phi) is 5.72. The number of aryl methyl sites for hydroxylation is 1. The standard InChI is InChI=1S/C18H32N4O/c1-15-16(12-19-20(15)2)13-21-9-10-22(18(14-21)8-11-23)17-6-4-3-5-7-17/h12,17-18,23H,3-11,13-14H2,1-2H3/t18-/m1/s1. The number of hydrogen-bond donors (Lipinski definition) is 1. The molecule has 5 nitrogen and oxygen atoms in total. The van der Waals surface area contributed by atoms with Gasteiger partial charge in [0.15, 0.2) is 0 Å². The van der Waals surface area contributed by atoms with Crippen LogP contribution >= 0.6 is 0 Å². The molecule has 0 radical (unpaired) electrons. The van der Waals surface area contributed by atoms with Gasteiger partial charge < -0.3 is 5.11 Å². The van der Waals surface area contributed by atoms with Gasteiger partial charge in [0.1, 0.15) is 0 Å². The van der Waals surface area contributed by atoms with Crippen molar-refractivity contribution >= 4 is 0 Å². The SMILES string of the molecule is Cc1c(CN2CCN(C3CCCCC3)[C@H](CCO)C2)cnn1C. The van der Waals surface area contributed by atoms with E-state index in [1.165, 1.54) is 43.4 Å². The van der Waals surface area contributed by atoms with Crippen LogP contribution in [0.15, 0.2) is 6.20 Å². The molecule has 0 amide bonds. The van der Waals surface area contributed by atoms with Crippen molar-refractivity contribution in [2.75, 3.05) is 26.2 Å². The Hall–Kier alpha value is -0.910. The molecule has 1 saturated heterocycles. The van der Waals surface area contributed by atoms with Crippen LogP contribution in [-0.4, -0.2) is 63.0 Å². The summed E-state index contributed by atoms with van der Waals surface area (Å²) < 4.78 is 1.96. The number of aliphatic hydroxyl groups excluding tert-OH is 1. The fourth-order valence-corrected chi connectivity index (χ4v) is 4.32. The topological polar surface area (TPSA) is 44.5 Å². The Bertz CT molecular complexity index is 495. The van der Waals surface area contributed by atoms with Gasteiger partial charge in [-0.1, -0.05) is 19.3 Å². The first kappa shape index (κ1) is 16.9. The summed E-state index contributed by atoms with van der Waals surface area (Å²) in [6.45, 7) is 6.78. The number of piperazine rings is 1. The molecule has 1 aromatic heterocycles. The molecule has 1 atom stereocenters. The monoisotopic (exact) mass is 320 g/mol. The highest BCUT2D eigenvalue weighted by Crippen LogP contribution is 2.27. The van der Waals surface area contributed by atoms with Crippen LogP contribution in [-0.2, 0) is 13.6 Å². The van der Waals surface area contributed by atoms with Crippen molar-refractivity contribution in [2.45, 2.75) is 64.1 Å². The molecule has 1 aliphatic carbocycles. The molecular weight excluding hydrogens is 288 g/mol. The zero-order valence-corrected chi connectivity index (χ0v) is 14.7. The van der Waals surface area contributed by atoms with Crippen molar-refractivity contribution in [3.05, 3.63) is 17.5 Å². The lowest BCUT2D eigenvalue weighted by molar-refractivity contribution is 0.0136. The molecule has 0 bridgehead atoms. The van der Waals surface area contributed by atoms with E-state index in [1.807, 2.05) is 17.9 Å². The second kappa shape index (κ2) is 7.77. The molecule has 1 saturated carbocycles. The summed E-state index contributed by atoms with van der Waals surface area (Å²) in [4.78, 5) is 5.26. The number of aromatic nitrogens is 2. The number of nitrogens with zero attached hydrogens (tertiary/aromatic N) is 4. The van der Waals surface area contributed by atoms with E-state index < -0.39 is 0 Å². The van der Waals surface area contributed by atoms with E-state index in [2.05, 4.69) is 21.8 Å². The van der Waals surface area contributed by atoms with Crippen molar-refractivity contribution in [3.63, 3.8) is 0 Å². The maximum absolute atomic E-state index is 9.50. The van der Waals surface area contributed by atoms with Crippen LogP contribution in [0.2, 0.25) is 0 Å². The Morgan fingerprint density at radius 2 is 2.00 bits per heavy atom. The van der Waals surface area contributed by atoms with Crippen LogP contribution in [0.1, 0.15) is 49.8 Å². The maximum Gasteiger partial charge on any atom is 0.0537 e. The van der Waals surface area contributed by atoms with Crippen LogP contribution in [0.25, 0.3) is 0 Å². The van der Waals surface area contributed by atoms with Gasteiger partial charge in [-0.3, -0.25) is 14.5 Å². The van der Waals surface area contributed by atoms with Crippen LogP contribution < -0.4 is 0 Å². The lowest BCUT2D eigenvalue weighted by Gasteiger charge is -2.46. The summed E-state index contributed by atoms with van der Waals surface area (Å²) in [6.07, 6.45) is 9.77. The Morgan fingerprint density at radius 3 is 2.65 bits per heavy atom. The third kappa shape index (κ3) is 3.95. The molecule has 0 unspecified atom stereocenters. The van der Waals surface area contributed by atoms with E-state index in [-0.39, 0.29) is 0 Å². The van der Waals surface area contributed by atoms with Crippen molar-refractivity contribution in [1.82, 2.24) is 19.6 Å². The van der Waals surface area contributed by atoms with Crippen LogP contribution in [0.5, 0.6) is 0 Å². The summed E-state index contributed by atoms with van der Waals surface area (Å²) in [6, 6.07) is 1.26. The average molecular weight is 320 g/mol. The molecule has 3 rings (SSSR count). The molecule has 2 fully saturated rings. The van der Waals surface area contributed by atoms with Crippen molar-refractivity contribution in [3.8, 4) is 0 Å². The number of rotatable bonds is 5. The molecule has 23 heavy (non-hydrogen) atoms. The van der Waals surface area contributed by atoms with Gasteiger partial charge in [-0.2, -0.15) is 5.10 Å². The minimum absolute atomic E-state index is 0.299. The molecule has 2 heterocycles. The van der Waals surface area contributed by atoms with Gasteiger partial charge >= 0.3 is 0 Å².